The van der Waals surface area contributed by atoms with Gasteiger partial charge >= 0.3 is 5.97 Å². The van der Waals surface area contributed by atoms with Crippen molar-refractivity contribution in [2.24, 2.45) is 5.14 Å². The van der Waals surface area contributed by atoms with E-state index in [-0.39, 0.29) is 21.3 Å². The Morgan fingerprint density at radius 3 is 2.32 bits per heavy atom. The van der Waals surface area contributed by atoms with Crippen LogP contribution in [0.5, 0.6) is 0 Å². The number of nitrogens with two attached hydrogens (primary N) is 1. The lowest BCUT2D eigenvalue weighted by atomic mass is 10.2. The normalized spacial score (nSPS) is 11.4. The molecule has 1 amide bonds. The van der Waals surface area contributed by atoms with E-state index in [0.717, 1.165) is 23.4 Å². The average molecular weight is 498 g/mol. The Morgan fingerprint density at radius 1 is 1.06 bits per heavy atom. The van der Waals surface area contributed by atoms with Gasteiger partial charge < -0.3 is 15.7 Å². The summed E-state index contributed by atoms with van der Waals surface area (Å²) in [5.74, 6) is -1.49. The molecule has 0 fully saturated rings. The summed E-state index contributed by atoms with van der Waals surface area (Å²) < 4.78 is 24.7. The SMILES string of the molecule is CC(=O)Nc1ccc(Sc2c(NCC=Cc3ccccc3)cc(C(=O)O)cc2S(N)(=O)=O)cc1. The molecule has 10 heteroatoms. The Kier molecular flexibility index (Phi) is 8.11. The molecule has 0 spiro atoms. The van der Waals surface area contributed by atoms with Crippen LogP contribution in [-0.4, -0.2) is 31.9 Å². The molecular formula is C24H23N3O5S2. The Balaban J connectivity index is 1.96. The molecule has 0 bridgehead atoms. The van der Waals surface area contributed by atoms with Crippen LogP contribution in [0.15, 0.2) is 87.5 Å². The third-order valence-corrected chi connectivity index (χ3v) is 6.74. The summed E-state index contributed by atoms with van der Waals surface area (Å²) in [5, 5.41) is 20.7. The van der Waals surface area contributed by atoms with Gasteiger partial charge in [-0.2, -0.15) is 0 Å². The molecule has 3 aromatic carbocycles. The number of nitrogens with one attached hydrogen (secondary N) is 2. The van der Waals surface area contributed by atoms with E-state index >= 15 is 0 Å². The maximum absolute atomic E-state index is 12.3. The van der Waals surface area contributed by atoms with Gasteiger partial charge in [-0.25, -0.2) is 18.4 Å². The highest BCUT2D eigenvalue weighted by Gasteiger charge is 2.22. The van der Waals surface area contributed by atoms with Crippen molar-refractivity contribution in [3.05, 3.63) is 83.9 Å². The van der Waals surface area contributed by atoms with E-state index in [1.807, 2.05) is 42.5 Å². The lowest BCUT2D eigenvalue weighted by Gasteiger charge is -2.16. The molecular weight excluding hydrogens is 474 g/mol. The van der Waals surface area contributed by atoms with E-state index in [2.05, 4.69) is 10.6 Å². The van der Waals surface area contributed by atoms with Crippen LogP contribution in [-0.2, 0) is 14.8 Å². The predicted molar refractivity (Wildman–Crippen MR) is 134 cm³/mol. The third-order valence-electron chi connectivity index (χ3n) is 4.52. The van der Waals surface area contributed by atoms with Crippen molar-refractivity contribution in [1.29, 1.82) is 0 Å². The number of carboxylic acids is 1. The van der Waals surface area contributed by atoms with Crippen LogP contribution in [0.1, 0.15) is 22.8 Å². The van der Waals surface area contributed by atoms with E-state index in [1.54, 1.807) is 24.3 Å². The summed E-state index contributed by atoms with van der Waals surface area (Å²) >= 11 is 1.12. The molecule has 176 valence electrons. The second kappa shape index (κ2) is 11.0. The van der Waals surface area contributed by atoms with Crippen LogP contribution in [0.2, 0.25) is 0 Å². The smallest absolute Gasteiger partial charge is 0.335 e. The molecule has 0 heterocycles. The van der Waals surface area contributed by atoms with Crippen molar-refractivity contribution in [2.75, 3.05) is 17.2 Å². The first-order valence-corrected chi connectivity index (χ1v) is 12.4. The number of sulfonamides is 1. The van der Waals surface area contributed by atoms with Gasteiger partial charge in [-0.1, -0.05) is 54.2 Å². The zero-order valence-corrected chi connectivity index (χ0v) is 19.8. The number of primary sulfonamides is 1. The van der Waals surface area contributed by atoms with Crippen molar-refractivity contribution < 1.29 is 23.1 Å². The monoisotopic (exact) mass is 497 g/mol. The summed E-state index contributed by atoms with van der Waals surface area (Å²) in [6.45, 7) is 1.71. The molecule has 0 aliphatic rings. The van der Waals surface area contributed by atoms with Crippen LogP contribution >= 0.6 is 11.8 Å². The largest absolute Gasteiger partial charge is 0.478 e. The van der Waals surface area contributed by atoms with Crippen LogP contribution in [0.4, 0.5) is 11.4 Å². The number of amides is 1. The fraction of sp³-hybridized carbons (Fsp3) is 0.0833. The van der Waals surface area contributed by atoms with E-state index < -0.39 is 16.0 Å². The molecule has 3 aromatic rings. The number of aromatic carboxylic acids is 1. The summed E-state index contributed by atoms with van der Waals surface area (Å²) in [5.41, 5.74) is 1.69. The molecule has 34 heavy (non-hydrogen) atoms. The van der Waals surface area contributed by atoms with Gasteiger partial charge in [0, 0.05) is 24.1 Å². The molecule has 0 aliphatic heterocycles. The van der Waals surface area contributed by atoms with Crippen LogP contribution in [0, 0.1) is 0 Å². The maximum Gasteiger partial charge on any atom is 0.335 e. The Morgan fingerprint density at radius 2 is 1.74 bits per heavy atom. The van der Waals surface area contributed by atoms with Crippen LogP contribution < -0.4 is 15.8 Å². The number of hydrogen-bond acceptors (Lipinski definition) is 6. The van der Waals surface area contributed by atoms with Crippen molar-refractivity contribution in [3.8, 4) is 0 Å². The van der Waals surface area contributed by atoms with Gasteiger partial charge in [0.2, 0.25) is 15.9 Å². The van der Waals surface area contributed by atoms with Gasteiger partial charge in [-0.15, -0.1) is 0 Å². The highest BCUT2D eigenvalue weighted by molar-refractivity contribution is 8.00. The van der Waals surface area contributed by atoms with E-state index in [0.29, 0.717) is 22.8 Å². The fourth-order valence-corrected chi connectivity index (χ4v) is 5.07. The van der Waals surface area contributed by atoms with Crippen molar-refractivity contribution >= 4 is 51.1 Å². The highest BCUT2D eigenvalue weighted by atomic mass is 32.2. The number of anilines is 2. The number of carbonyl (C=O) groups is 2. The summed E-state index contributed by atoms with van der Waals surface area (Å²) in [7, 11) is -4.23. The molecule has 0 radical (unpaired) electrons. The molecule has 0 aliphatic carbocycles. The van der Waals surface area contributed by atoms with Crippen LogP contribution in [0.3, 0.4) is 0 Å². The number of rotatable bonds is 9. The average Bonchev–Trinajstić information content (AvgIpc) is 2.78. The van der Waals surface area contributed by atoms with Crippen LogP contribution in [0.25, 0.3) is 6.08 Å². The van der Waals surface area contributed by atoms with E-state index in [4.69, 9.17) is 5.14 Å². The molecule has 0 aromatic heterocycles. The topological polar surface area (TPSA) is 139 Å². The number of benzene rings is 3. The molecule has 0 unspecified atom stereocenters. The fourth-order valence-electron chi connectivity index (χ4n) is 3.03. The Hall–Kier alpha value is -3.60. The molecule has 0 atom stereocenters. The van der Waals surface area contributed by atoms with Crippen molar-refractivity contribution in [2.45, 2.75) is 21.6 Å². The van der Waals surface area contributed by atoms with Gasteiger partial charge in [0.25, 0.3) is 0 Å². The molecule has 8 nitrogen and oxygen atoms in total. The summed E-state index contributed by atoms with van der Waals surface area (Å²) in [6.07, 6.45) is 3.73. The summed E-state index contributed by atoms with van der Waals surface area (Å²) in [6, 6.07) is 18.8. The molecule has 3 rings (SSSR count). The molecule has 5 N–H and O–H groups in total. The first kappa shape index (κ1) is 25.0. The number of hydrogen-bond donors (Lipinski definition) is 4. The van der Waals surface area contributed by atoms with E-state index in [9.17, 15) is 23.1 Å². The second-order valence-electron chi connectivity index (χ2n) is 7.20. The highest BCUT2D eigenvalue weighted by Crippen LogP contribution is 2.39. The maximum atomic E-state index is 12.3. The quantitative estimate of drug-likeness (QED) is 0.346. The van der Waals surface area contributed by atoms with Gasteiger partial charge in [-0.3, -0.25) is 4.79 Å². The lowest BCUT2D eigenvalue weighted by Crippen LogP contribution is -2.16. The van der Waals surface area contributed by atoms with Crippen molar-refractivity contribution in [3.63, 3.8) is 0 Å². The molecule has 0 saturated carbocycles. The minimum Gasteiger partial charge on any atom is -0.478 e. The minimum atomic E-state index is -4.23. The standard InChI is InChI=1S/C24H23N3O5S2/c1-16(28)27-19-9-11-20(12-10-19)33-23-21(26-13-5-8-17-6-3-2-4-7-17)14-18(24(29)30)15-22(23)34(25,31)32/h2-12,14-15,26H,13H2,1H3,(H,27,28)(H,29,30)(H2,25,31,32). The van der Waals surface area contributed by atoms with Gasteiger partial charge in [0.1, 0.15) is 0 Å². The molecule has 0 saturated heterocycles. The Labute approximate surface area is 201 Å². The third kappa shape index (κ3) is 6.95. The lowest BCUT2D eigenvalue weighted by molar-refractivity contribution is -0.114. The Bertz CT molecular complexity index is 1320. The zero-order chi connectivity index (χ0) is 24.7. The minimum absolute atomic E-state index is 0.205. The first-order valence-electron chi connectivity index (χ1n) is 10.1. The van der Waals surface area contributed by atoms with Gasteiger partial charge in [0.05, 0.1) is 21.0 Å². The van der Waals surface area contributed by atoms with E-state index in [1.165, 1.54) is 13.0 Å². The number of carboxylic acid groups (broad SMARTS) is 1. The van der Waals surface area contributed by atoms with Gasteiger partial charge in [-0.05, 0) is 42.0 Å². The second-order valence-corrected chi connectivity index (χ2v) is 9.82. The zero-order valence-electron chi connectivity index (χ0n) is 18.2. The summed E-state index contributed by atoms with van der Waals surface area (Å²) in [4.78, 5) is 23.5. The van der Waals surface area contributed by atoms with Gasteiger partial charge in [0.15, 0.2) is 0 Å². The number of carbonyl (C=O) groups excluding carboxylic acids is 1. The predicted octanol–water partition coefficient (Wildman–Crippen LogP) is 4.27. The first-order chi connectivity index (χ1) is 16.1. The van der Waals surface area contributed by atoms with Crippen molar-refractivity contribution in [1.82, 2.24) is 0 Å².